The molecule has 0 fully saturated rings. The van der Waals surface area contributed by atoms with Crippen LogP contribution in [0, 0.1) is 0 Å². The van der Waals surface area contributed by atoms with Gasteiger partial charge in [-0.05, 0) is 44.7 Å². The van der Waals surface area contributed by atoms with Crippen LogP contribution in [0.4, 0.5) is 0 Å². The van der Waals surface area contributed by atoms with E-state index in [1.807, 2.05) is 45.0 Å². The van der Waals surface area contributed by atoms with Gasteiger partial charge >= 0.3 is 5.97 Å². The van der Waals surface area contributed by atoms with E-state index >= 15 is 0 Å². The van der Waals surface area contributed by atoms with Crippen molar-refractivity contribution in [2.45, 2.75) is 50.3 Å². The average molecular weight is 295 g/mol. The second kappa shape index (κ2) is 5.39. The van der Waals surface area contributed by atoms with Crippen molar-refractivity contribution in [2.75, 3.05) is 0 Å². The molecule has 110 valence electrons. The molecule has 0 aromatic heterocycles. The minimum absolute atomic E-state index is 0.0498. The lowest BCUT2D eigenvalue weighted by Gasteiger charge is -2.34. The average Bonchev–Trinajstić information content (AvgIpc) is 2.67. The highest BCUT2D eigenvalue weighted by molar-refractivity contribution is 7.90. The van der Waals surface area contributed by atoms with Crippen molar-refractivity contribution in [2.24, 2.45) is 0 Å². The number of aryl methyl sites for hydroxylation is 1. The molecule has 4 nitrogen and oxygen atoms in total. The summed E-state index contributed by atoms with van der Waals surface area (Å²) in [7, 11) is 0. The van der Waals surface area contributed by atoms with E-state index < -0.39 is 27.6 Å². The molecule has 0 heterocycles. The summed E-state index contributed by atoms with van der Waals surface area (Å²) in [6.45, 7) is 5.64. The summed E-state index contributed by atoms with van der Waals surface area (Å²) in [6.07, 6.45) is 1.43. The lowest BCUT2D eigenvalue weighted by Crippen LogP contribution is -2.51. The molecule has 1 aliphatic rings. The Morgan fingerprint density at radius 3 is 2.70 bits per heavy atom. The molecule has 5 heteroatoms. The maximum atomic E-state index is 12.4. The van der Waals surface area contributed by atoms with E-state index in [9.17, 15) is 14.5 Å². The molecule has 0 bridgehead atoms. The molecule has 1 aromatic carbocycles. The Kier molecular flexibility index (Phi) is 4.14. The molecule has 0 saturated carbocycles. The van der Waals surface area contributed by atoms with Crippen LogP contribution >= 0.6 is 0 Å². The number of aliphatic carboxylic acids is 1. The van der Waals surface area contributed by atoms with Crippen LogP contribution in [0.5, 0.6) is 0 Å². The Bertz CT molecular complexity index is 512. The Labute approximate surface area is 122 Å². The molecule has 2 atom stereocenters. The molecule has 0 unspecified atom stereocenters. The van der Waals surface area contributed by atoms with Crippen molar-refractivity contribution in [1.82, 2.24) is 4.72 Å². The highest BCUT2D eigenvalue weighted by Gasteiger charge is 2.46. The summed E-state index contributed by atoms with van der Waals surface area (Å²) < 4.78 is 15.1. The third-order valence-electron chi connectivity index (χ3n) is 3.65. The summed E-state index contributed by atoms with van der Waals surface area (Å²) >= 11 is -1.30. The zero-order valence-corrected chi connectivity index (χ0v) is 12.9. The van der Waals surface area contributed by atoms with Crippen LogP contribution in [0.3, 0.4) is 0 Å². The highest BCUT2D eigenvalue weighted by atomic mass is 32.2. The van der Waals surface area contributed by atoms with Crippen molar-refractivity contribution in [1.29, 1.82) is 0 Å². The number of hydrogen-bond acceptors (Lipinski definition) is 3. The number of hydrogen-bond donors (Lipinski definition) is 2. The predicted molar refractivity (Wildman–Crippen MR) is 79.7 cm³/mol. The molecule has 20 heavy (non-hydrogen) atoms. The largest absolute Gasteiger partial charge is 0.598 e. The van der Waals surface area contributed by atoms with Gasteiger partial charge < -0.3 is 9.66 Å². The first-order valence-corrected chi connectivity index (χ1v) is 7.89. The fourth-order valence-electron chi connectivity index (χ4n) is 2.60. The van der Waals surface area contributed by atoms with Crippen molar-refractivity contribution >= 4 is 17.3 Å². The van der Waals surface area contributed by atoms with E-state index in [1.165, 1.54) is 0 Å². The van der Waals surface area contributed by atoms with Crippen molar-refractivity contribution in [3.05, 3.63) is 35.4 Å². The zero-order chi connectivity index (χ0) is 15.0. The second-order valence-electron chi connectivity index (χ2n) is 6.29. The monoisotopic (exact) mass is 295 g/mol. The van der Waals surface area contributed by atoms with Crippen LogP contribution in [-0.2, 0) is 28.1 Å². The van der Waals surface area contributed by atoms with Crippen molar-refractivity contribution < 1.29 is 14.5 Å². The minimum atomic E-state index is -1.30. The fraction of sp³-hybridized carbons (Fsp3) is 0.533. The van der Waals surface area contributed by atoms with Gasteiger partial charge in [0.25, 0.3) is 0 Å². The number of benzene rings is 1. The summed E-state index contributed by atoms with van der Waals surface area (Å²) in [5.74, 6) is -0.875. The maximum Gasteiger partial charge on any atom is 0.305 e. The third kappa shape index (κ3) is 3.00. The Morgan fingerprint density at radius 1 is 1.45 bits per heavy atom. The second-order valence-corrected chi connectivity index (χ2v) is 8.26. The lowest BCUT2D eigenvalue weighted by molar-refractivity contribution is -0.138. The minimum Gasteiger partial charge on any atom is -0.598 e. The molecule has 0 aliphatic heterocycles. The molecule has 2 N–H and O–H groups in total. The van der Waals surface area contributed by atoms with Crippen LogP contribution in [0.1, 0.15) is 44.7 Å². The summed E-state index contributed by atoms with van der Waals surface area (Å²) in [4.78, 5) is 11.3. The van der Waals surface area contributed by atoms with Gasteiger partial charge in [-0.15, -0.1) is 4.72 Å². The predicted octanol–water partition coefficient (Wildman–Crippen LogP) is 2.35. The van der Waals surface area contributed by atoms with E-state index in [-0.39, 0.29) is 6.42 Å². The molecule has 0 saturated heterocycles. The van der Waals surface area contributed by atoms with E-state index in [4.69, 9.17) is 0 Å². The SMILES string of the molecule is CC(C)(C)[S@+]([O-])N[C@@]1(CC(=O)O)CCc2ccccc21. The van der Waals surface area contributed by atoms with Crippen LogP contribution in [0.2, 0.25) is 0 Å². The number of carboxylic acid groups (broad SMARTS) is 1. The maximum absolute atomic E-state index is 12.4. The van der Waals surface area contributed by atoms with Crippen LogP contribution in [0.25, 0.3) is 0 Å². The highest BCUT2D eigenvalue weighted by Crippen LogP contribution is 2.40. The van der Waals surface area contributed by atoms with Gasteiger partial charge in [-0.2, -0.15) is 0 Å². The zero-order valence-electron chi connectivity index (χ0n) is 12.1. The summed E-state index contributed by atoms with van der Waals surface area (Å²) in [6, 6.07) is 7.82. The molecule has 1 aliphatic carbocycles. The van der Waals surface area contributed by atoms with Gasteiger partial charge in [0.2, 0.25) is 0 Å². The first-order valence-electron chi connectivity index (χ1n) is 6.74. The molecule has 0 spiro atoms. The lowest BCUT2D eigenvalue weighted by atomic mass is 9.89. The van der Waals surface area contributed by atoms with Gasteiger partial charge in [0.05, 0.1) is 12.0 Å². The molecular formula is C15H21NO3S. The van der Waals surface area contributed by atoms with Crippen molar-refractivity contribution in [3.8, 4) is 0 Å². The number of carbonyl (C=O) groups is 1. The van der Waals surface area contributed by atoms with Gasteiger partial charge in [-0.25, -0.2) is 0 Å². The smallest absolute Gasteiger partial charge is 0.305 e. The van der Waals surface area contributed by atoms with Gasteiger partial charge in [0.1, 0.15) is 4.75 Å². The normalized spacial score (nSPS) is 23.4. The number of carboxylic acids is 1. The molecule has 1 aromatic rings. The van der Waals surface area contributed by atoms with Gasteiger partial charge in [-0.3, -0.25) is 4.79 Å². The first kappa shape index (κ1) is 15.4. The summed E-state index contributed by atoms with van der Waals surface area (Å²) in [5, 5.41) is 9.24. The standard InChI is InChI=1S/C15H21NO3S/c1-14(2,3)20(19)16-15(10-13(17)18)9-8-11-6-4-5-7-12(11)15/h4-7,16H,8-10H2,1-3H3,(H,17,18)/t15-,20+/m1/s1. The van der Waals surface area contributed by atoms with Crippen LogP contribution in [-0.4, -0.2) is 20.4 Å². The van der Waals surface area contributed by atoms with E-state index in [0.29, 0.717) is 6.42 Å². The van der Waals surface area contributed by atoms with E-state index in [0.717, 1.165) is 17.5 Å². The van der Waals surface area contributed by atoms with E-state index in [2.05, 4.69) is 4.72 Å². The molecule has 0 radical (unpaired) electrons. The number of rotatable bonds is 4. The van der Waals surface area contributed by atoms with Gasteiger partial charge in [0, 0.05) is 11.4 Å². The first-order chi connectivity index (χ1) is 9.24. The Hall–Kier alpha value is -1.04. The Balaban J connectivity index is 2.36. The van der Waals surface area contributed by atoms with Crippen LogP contribution < -0.4 is 4.72 Å². The fourth-order valence-corrected chi connectivity index (χ4v) is 3.55. The molecular weight excluding hydrogens is 274 g/mol. The topological polar surface area (TPSA) is 72.4 Å². The van der Waals surface area contributed by atoms with Crippen molar-refractivity contribution in [3.63, 3.8) is 0 Å². The third-order valence-corrected chi connectivity index (χ3v) is 5.34. The van der Waals surface area contributed by atoms with Crippen LogP contribution in [0.15, 0.2) is 24.3 Å². The Morgan fingerprint density at radius 2 is 2.10 bits per heavy atom. The number of fused-ring (bicyclic) bond motifs is 1. The van der Waals surface area contributed by atoms with E-state index in [1.54, 1.807) is 0 Å². The molecule has 0 amide bonds. The quantitative estimate of drug-likeness (QED) is 0.836. The number of nitrogens with one attached hydrogen (secondary N) is 1. The summed E-state index contributed by atoms with van der Waals surface area (Å²) in [5.41, 5.74) is 1.40. The molecule has 2 rings (SSSR count). The van der Waals surface area contributed by atoms with Gasteiger partial charge in [-0.1, -0.05) is 24.3 Å². The van der Waals surface area contributed by atoms with Gasteiger partial charge in [0.15, 0.2) is 0 Å².